The average molecular weight is 364 g/mol. The molecule has 2 aromatic rings. The lowest BCUT2D eigenvalue weighted by atomic mass is 10.1. The van der Waals surface area contributed by atoms with Gasteiger partial charge in [0.15, 0.2) is 0 Å². The third-order valence-corrected chi connectivity index (χ3v) is 4.15. The lowest BCUT2D eigenvalue weighted by Crippen LogP contribution is -2.39. The zero-order chi connectivity index (χ0) is 16.9. The van der Waals surface area contributed by atoms with Crippen LogP contribution >= 0.6 is 12.4 Å². The van der Waals surface area contributed by atoms with E-state index in [1.54, 1.807) is 0 Å². The van der Waals surface area contributed by atoms with Crippen molar-refractivity contribution < 1.29 is 14.3 Å². The van der Waals surface area contributed by atoms with Crippen molar-refractivity contribution in [2.45, 2.75) is 25.0 Å². The molecule has 2 aromatic carbocycles. The average Bonchev–Trinajstić information content (AvgIpc) is 3.09. The first kappa shape index (κ1) is 19.2. The van der Waals surface area contributed by atoms with Crippen molar-refractivity contribution in [3.8, 4) is 0 Å². The van der Waals surface area contributed by atoms with E-state index in [4.69, 9.17) is 10.5 Å². The number of hydrogen-bond acceptors (Lipinski definition) is 4. The van der Waals surface area contributed by atoms with Crippen molar-refractivity contribution in [3.05, 3.63) is 42.5 Å². The molecule has 134 valence electrons. The summed E-state index contributed by atoms with van der Waals surface area (Å²) in [6.07, 6.45) is 0.837. The summed E-state index contributed by atoms with van der Waals surface area (Å²) in [5.41, 5.74) is 6.26. The van der Waals surface area contributed by atoms with Crippen molar-refractivity contribution in [3.63, 3.8) is 0 Å². The van der Waals surface area contributed by atoms with Crippen LogP contribution < -0.4 is 16.4 Å². The zero-order valence-corrected chi connectivity index (χ0v) is 14.6. The summed E-state index contributed by atoms with van der Waals surface area (Å²) in [5.74, 6) is -0.535. The fourth-order valence-electron chi connectivity index (χ4n) is 2.88. The van der Waals surface area contributed by atoms with Crippen LogP contribution in [0.1, 0.15) is 12.8 Å². The summed E-state index contributed by atoms with van der Waals surface area (Å²) in [5, 5.41) is 7.47. The number of carbonyl (C=O) groups is 2. The first-order chi connectivity index (χ1) is 11.7. The molecular formula is C18H22ClN3O3. The predicted molar refractivity (Wildman–Crippen MR) is 99.8 cm³/mol. The standard InChI is InChI=1S/C18H21N3O3.ClH/c19-10-13-8-9-16(24-13)18(23)20-11-17(22)21-15-7-3-5-12-4-1-2-6-14(12)15;/h1-7,13,16H,8-11,19H2,(H,20,23)(H,21,22);1H/t13-,16+;/m1./s1. The molecule has 0 aliphatic carbocycles. The van der Waals surface area contributed by atoms with Gasteiger partial charge in [-0.05, 0) is 24.3 Å². The van der Waals surface area contributed by atoms with Gasteiger partial charge < -0.3 is 21.1 Å². The lowest BCUT2D eigenvalue weighted by Gasteiger charge is -2.13. The first-order valence-electron chi connectivity index (χ1n) is 8.08. The summed E-state index contributed by atoms with van der Waals surface area (Å²) in [7, 11) is 0. The second-order valence-corrected chi connectivity index (χ2v) is 5.85. The molecule has 0 radical (unpaired) electrons. The van der Waals surface area contributed by atoms with Gasteiger partial charge in [0, 0.05) is 17.6 Å². The van der Waals surface area contributed by atoms with E-state index < -0.39 is 6.10 Å². The summed E-state index contributed by atoms with van der Waals surface area (Å²) < 4.78 is 5.51. The van der Waals surface area contributed by atoms with Gasteiger partial charge in [-0.3, -0.25) is 9.59 Å². The maximum Gasteiger partial charge on any atom is 0.249 e. The van der Waals surface area contributed by atoms with Gasteiger partial charge in [0.25, 0.3) is 0 Å². The molecule has 0 saturated carbocycles. The molecule has 1 heterocycles. The van der Waals surface area contributed by atoms with Crippen molar-refractivity contribution in [1.82, 2.24) is 5.32 Å². The molecule has 0 bridgehead atoms. The number of hydrogen-bond donors (Lipinski definition) is 3. The van der Waals surface area contributed by atoms with Crippen LogP contribution in [-0.2, 0) is 14.3 Å². The van der Waals surface area contributed by atoms with E-state index in [9.17, 15) is 9.59 Å². The predicted octanol–water partition coefficient (Wildman–Crippen LogP) is 1.82. The topological polar surface area (TPSA) is 93.5 Å². The molecule has 2 atom stereocenters. The molecule has 0 unspecified atom stereocenters. The molecule has 1 aliphatic rings. The molecule has 0 spiro atoms. The van der Waals surface area contributed by atoms with Gasteiger partial charge >= 0.3 is 0 Å². The molecule has 1 aliphatic heterocycles. The number of halogens is 1. The van der Waals surface area contributed by atoms with E-state index in [1.165, 1.54) is 0 Å². The van der Waals surface area contributed by atoms with Crippen LogP contribution in [0.2, 0.25) is 0 Å². The second kappa shape index (κ2) is 8.80. The fraction of sp³-hybridized carbons (Fsp3) is 0.333. The molecule has 1 saturated heterocycles. The number of rotatable bonds is 5. The molecule has 0 aromatic heterocycles. The maximum atomic E-state index is 12.1. The monoisotopic (exact) mass is 363 g/mol. The highest BCUT2D eigenvalue weighted by Gasteiger charge is 2.29. The van der Waals surface area contributed by atoms with E-state index in [0.717, 1.165) is 22.9 Å². The Balaban J connectivity index is 0.00000225. The van der Waals surface area contributed by atoms with Crippen LogP contribution in [0.15, 0.2) is 42.5 Å². The Bertz CT molecular complexity index is 748. The van der Waals surface area contributed by atoms with Gasteiger partial charge in [0.1, 0.15) is 6.10 Å². The van der Waals surface area contributed by atoms with E-state index in [0.29, 0.717) is 13.0 Å². The molecular weight excluding hydrogens is 342 g/mol. The third-order valence-electron chi connectivity index (χ3n) is 4.15. The van der Waals surface area contributed by atoms with Crippen LogP contribution in [0.3, 0.4) is 0 Å². The molecule has 6 nitrogen and oxygen atoms in total. The SMILES string of the molecule is Cl.NC[C@H]1CC[C@@H](C(=O)NCC(=O)Nc2cccc3ccccc23)O1. The highest BCUT2D eigenvalue weighted by molar-refractivity contribution is 6.03. The van der Waals surface area contributed by atoms with Crippen LogP contribution in [0.4, 0.5) is 5.69 Å². The lowest BCUT2D eigenvalue weighted by molar-refractivity contribution is -0.133. The fourth-order valence-corrected chi connectivity index (χ4v) is 2.88. The third kappa shape index (κ3) is 4.69. The van der Waals surface area contributed by atoms with Gasteiger partial charge in [-0.25, -0.2) is 0 Å². The normalized spacial score (nSPS) is 19.2. The summed E-state index contributed by atoms with van der Waals surface area (Å²) >= 11 is 0. The minimum Gasteiger partial charge on any atom is -0.364 e. The number of anilines is 1. The van der Waals surface area contributed by atoms with Crippen LogP contribution in [0.5, 0.6) is 0 Å². The Morgan fingerprint density at radius 1 is 1.12 bits per heavy atom. The Hall–Kier alpha value is -2.15. The number of carbonyl (C=O) groups excluding carboxylic acids is 2. The molecule has 25 heavy (non-hydrogen) atoms. The van der Waals surface area contributed by atoms with Gasteiger partial charge in [-0.2, -0.15) is 0 Å². The van der Waals surface area contributed by atoms with Crippen molar-refractivity contribution in [2.24, 2.45) is 5.73 Å². The summed E-state index contributed by atoms with van der Waals surface area (Å²) in [6.45, 7) is 0.320. The quantitative estimate of drug-likeness (QED) is 0.755. The molecule has 4 N–H and O–H groups in total. The first-order valence-corrected chi connectivity index (χ1v) is 8.08. The van der Waals surface area contributed by atoms with E-state index in [-0.39, 0.29) is 36.9 Å². The zero-order valence-electron chi connectivity index (χ0n) is 13.7. The van der Waals surface area contributed by atoms with Crippen LogP contribution in [0, 0.1) is 0 Å². The Morgan fingerprint density at radius 3 is 2.64 bits per heavy atom. The summed E-state index contributed by atoms with van der Waals surface area (Å²) in [6, 6.07) is 13.5. The Morgan fingerprint density at radius 2 is 1.88 bits per heavy atom. The highest BCUT2D eigenvalue weighted by Crippen LogP contribution is 2.22. The largest absolute Gasteiger partial charge is 0.364 e. The van der Waals surface area contributed by atoms with Gasteiger partial charge in [-0.1, -0.05) is 36.4 Å². The van der Waals surface area contributed by atoms with Gasteiger partial charge in [0.2, 0.25) is 11.8 Å². The Kier molecular flexibility index (Phi) is 6.75. The van der Waals surface area contributed by atoms with Crippen molar-refractivity contribution in [1.29, 1.82) is 0 Å². The van der Waals surface area contributed by atoms with Crippen molar-refractivity contribution in [2.75, 3.05) is 18.4 Å². The minimum atomic E-state index is -0.510. The number of amides is 2. The minimum absolute atomic E-state index is 0. The molecule has 3 rings (SSSR count). The van der Waals surface area contributed by atoms with E-state index in [1.807, 2.05) is 42.5 Å². The van der Waals surface area contributed by atoms with Crippen LogP contribution in [-0.4, -0.2) is 37.1 Å². The molecule has 1 fully saturated rings. The number of nitrogens with two attached hydrogens (primary N) is 1. The van der Waals surface area contributed by atoms with Gasteiger partial charge in [-0.15, -0.1) is 12.4 Å². The van der Waals surface area contributed by atoms with Gasteiger partial charge in [0.05, 0.1) is 12.6 Å². The number of nitrogens with one attached hydrogen (secondary N) is 2. The highest BCUT2D eigenvalue weighted by atomic mass is 35.5. The number of ether oxygens (including phenoxy) is 1. The smallest absolute Gasteiger partial charge is 0.249 e. The summed E-state index contributed by atoms with van der Waals surface area (Å²) in [4.78, 5) is 24.1. The molecule has 2 amide bonds. The second-order valence-electron chi connectivity index (χ2n) is 5.85. The number of fused-ring (bicyclic) bond motifs is 1. The number of benzene rings is 2. The van der Waals surface area contributed by atoms with Crippen molar-refractivity contribution >= 4 is 40.7 Å². The molecule has 7 heteroatoms. The Labute approximate surface area is 152 Å². The van der Waals surface area contributed by atoms with Crippen LogP contribution in [0.25, 0.3) is 10.8 Å². The maximum absolute atomic E-state index is 12.1. The van der Waals surface area contributed by atoms with E-state index >= 15 is 0 Å². The van der Waals surface area contributed by atoms with E-state index in [2.05, 4.69) is 10.6 Å².